The largest absolute Gasteiger partial charge is 0.493 e. The summed E-state index contributed by atoms with van der Waals surface area (Å²) in [6.45, 7) is 2.01. The fraction of sp³-hybridized carbons (Fsp3) is 0.200. The van der Waals surface area contributed by atoms with Crippen molar-refractivity contribution in [3.63, 3.8) is 0 Å². The summed E-state index contributed by atoms with van der Waals surface area (Å²) in [6.07, 6.45) is 0.724. The van der Waals surface area contributed by atoms with Gasteiger partial charge in [-0.25, -0.2) is 0 Å². The normalized spacial score (nSPS) is 10.4. The quantitative estimate of drug-likeness (QED) is 0.706. The molecule has 6 heteroatoms. The first kappa shape index (κ1) is 17.5. The number of aromatic amines is 1. The maximum atomic E-state index is 12.8. The van der Waals surface area contributed by atoms with Gasteiger partial charge in [0.2, 0.25) is 0 Å². The Labute approximate surface area is 152 Å². The predicted octanol–water partition coefficient (Wildman–Crippen LogP) is 3.91. The zero-order chi connectivity index (χ0) is 18.5. The van der Waals surface area contributed by atoms with Crippen LogP contribution in [-0.4, -0.2) is 30.3 Å². The summed E-state index contributed by atoms with van der Waals surface area (Å²) >= 11 is 0. The molecule has 6 nitrogen and oxygen atoms in total. The first-order valence-electron chi connectivity index (χ1n) is 8.34. The number of H-pyrrole nitrogens is 1. The Morgan fingerprint density at radius 1 is 1.08 bits per heavy atom. The molecule has 1 heterocycles. The topological polar surface area (TPSA) is 76.2 Å². The van der Waals surface area contributed by atoms with Gasteiger partial charge in [0.05, 0.1) is 25.6 Å². The van der Waals surface area contributed by atoms with Gasteiger partial charge in [-0.1, -0.05) is 37.3 Å². The van der Waals surface area contributed by atoms with E-state index in [2.05, 4.69) is 15.5 Å². The molecule has 0 aliphatic heterocycles. The highest BCUT2D eigenvalue weighted by Gasteiger charge is 2.18. The summed E-state index contributed by atoms with van der Waals surface area (Å²) in [6, 6.07) is 14.8. The van der Waals surface area contributed by atoms with E-state index in [1.54, 1.807) is 25.3 Å². The molecule has 3 aromatic rings. The van der Waals surface area contributed by atoms with Gasteiger partial charge in [0, 0.05) is 11.1 Å². The van der Waals surface area contributed by atoms with E-state index in [0.717, 1.165) is 23.4 Å². The van der Waals surface area contributed by atoms with Gasteiger partial charge in [-0.15, -0.1) is 0 Å². The molecule has 1 amide bonds. The van der Waals surface area contributed by atoms with Gasteiger partial charge in [0.1, 0.15) is 5.69 Å². The van der Waals surface area contributed by atoms with E-state index in [4.69, 9.17) is 9.47 Å². The second kappa shape index (κ2) is 7.74. The van der Waals surface area contributed by atoms with E-state index < -0.39 is 0 Å². The number of anilines is 1. The molecule has 0 fully saturated rings. The molecule has 0 spiro atoms. The number of hydrogen-bond donors (Lipinski definition) is 2. The molecule has 2 aromatic carbocycles. The highest BCUT2D eigenvalue weighted by molar-refractivity contribution is 6.06. The molecule has 0 saturated heterocycles. The lowest BCUT2D eigenvalue weighted by Crippen LogP contribution is -2.13. The van der Waals surface area contributed by atoms with Gasteiger partial charge in [0.25, 0.3) is 5.91 Å². The Bertz CT molecular complexity index is 904. The van der Waals surface area contributed by atoms with Crippen molar-refractivity contribution in [3.8, 4) is 22.8 Å². The Morgan fingerprint density at radius 3 is 2.46 bits per heavy atom. The maximum absolute atomic E-state index is 12.8. The number of hydrogen-bond acceptors (Lipinski definition) is 4. The van der Waals surface area contributed by atoms with Crippen LogP contribution in [0, 0.1) is 0 Å². The molecule has 0 atom stereocenters. The minimum Gasteiger partial charge on any atom is -0.493 e. The minimum atomic E-state index is -0.237. The molecule has 0 aliphatic carbocycles. The molecule has 26 heavy (non-hydrogen) atoms. The van der Waals surface area contributed by atoms with Crippen molar-refractivity contribution in [1.29, 1.82) is 0 Å². The first-order chi connectivity index (χ1) is 12.7. The molecular weight excluding hydrogens is 330 g/mol. The number of aromatic nitrogens is 2. The average Bonchev–Trinajstić information content (AvgIpc) is 3.10. The minimum absolute atomic E-state index is 0.237. The fourth-order valence-corrected chi connectivity index (χ4v) is 2.74. The lowest BCUT2D eigenvalue weighted by molar-refractivity contribution is 0.102. The van der Waals surface area contributed by atoms with Crippen molar-refractivity contribution in [3.05, 3.63) is 59.8 Å². The third-order valence-electron chi connectivity index (χ3n) is 4.13. The predicted molar refractivity (Wildman–Crippen MR) is 101 cm³/mol. The summed E-state index contributed by atoms with van der Waals surface area (Å²) in [5.74, 6) is 0.845. The number of rotatable bonds is 6. The van der Waals surface area contributed by atoms with Crippen molar-refractivity contribution in [1.82, 2.24) is 10.2 Å². The van der Waals surface area contributed by atoms with Gasteiger partial charge in [0.15, 0.2) is 11.5 Å². The lowest BCUT2D eigenvalue weighted by atomic mass is 10.1. The Kier molecular flexibility index (Phi) is 5.22. The van der Waals surface area contributed by atoms with Crippen molar-refractivity contribution >= 4 is 11.6 Å². The fourth-order valence-electron chi connectivity index (χ4n) is 2.74. The summed E-state index contributed by atoms with van der Waals surface area (Å²) in [4.78, 5) is 12.8. The zero-order valence-electron chi connectivity index (χ0n) is 15.0. The highest BCUT2D eigenvalue weighted by Crippen LogP contribution is 2.31. The van der Waals surface area contributed by atoms with Crippen LogP contribution >= 0.6 is 0 Å². The van der Waals surface area contributed by atoms with Gasteiger partial charge in [-0.3, -0.25) is 9.89 Å². The average molecular weight is 351 g/mol. The van der Waals surface area contributed by atoms with Crippen LogP contribution < -0.4 is 14.8 Å². The van der Waals surface area contributed by atoms with Gasteiger partial charge in [-0.2, -0.15) is 5.10 Å². The lowest BCUT2D eigenvalue weighted by Gasteiger charge is -2.11. The Morgan fingerprint density at radius 2 is 1.81 bits per heavy atom. The molecule has 0 saturated carbocycles. The Balaban J connectivity index is 1.94. The summed E-state index contributed by atoms with van der Waals surface area (Å²) in [7, 11) is 3.10. The van der Waals surface area contributed by atoms with Crippen molar-refractivity contribution < 1.29 is 14.3 Å². The van der Waals surface area contributed by atoms with E-state index in [1.807, 2.05) is 37.3 Å². The number of nitrogens with one attached hydrogen (secondary N) is 2. The molecule has 3 rings (SSSR count). The zero-order valence-corrected chi connectivity index (χ0v) is 15.0. The third-order valence-corrected chi connectivity index (χ3v) is 4.13. The Hall–Kier alpha value is -3.28. The van der Waals surface area contributed by atoms with Crippen molar-refractivity contribution in [2.24, 2.45) is 0 Å². The second-order valence-electron chi connectivity index (χ2n) is 5.67. The number of benzene rings is 2. The molecule has 134 valence electrons. The van der Waals surface area contributed by atoms with E-state index in [0.29, 0.717) is 22.7 Å². The second-order valence-corrected chi connectivity index (χ2v) is 5.67. The van der Waals surface area contributed by atoms with Crippen LogP contribution in [0.25, 0.3) is 11.3 Å². The van der Waals surface area contributed by atoms with Gasteiger partial charge < -0.3 is 14.8 Å². The van der Waals surface area contributed by atoms with Crippen LogP contribution in [0.4, 0.5) is 5.69 Å². The van der Waals surface area contributed by atoms with E-state index in [9.17, 15) is 4.79 Å². The number of aryl methyl sites for hydroxylation is 1. The van der Waals surface area contributed by atoms with Gasteiger partial charge >= 0.3 is 0 Å². The molecule has 0 radical (unpaired) electrons. The molecule has 1 aromatic heterocycles. The standard InChI is InChI=1S/C20H21N3O3/c1-4-15-19(18(23-22-15)13-8-6-5-7-9-13)21-20(24)14-10-11-16(25-2)17(12-14)26-3/h5-12H,4H2,1-3H3,(H,21,24)(H,22,23). The van der Waals surface area contributed by atoms with Crippen molar-refractivity contribution in [2.75, 3.05) is 19.5 Å². The maximum Gasteiger partial charge on any atom is 0.255 e. The number of nitrogens with zero attached hydrogens (tertiary/aromatic N) is 1. The third kappa shape index (κ3) is 3.39. The highest BCUT2D eigenvalue weighted by atomic mass is 16.5. The number of ether oxygens (including phenoxy) is 2. The SMILES string of the molecule is CCc1[nH]nc(-c2ccccc2)c1NC(=O)c1ccc(OC)c(OC)c1. The number of amides is 1. The molecule has 0 aliphatic rings. The number of carbonyl (C=O) groups excluding carboxylic acids is 1. The van der Waals surface area contributed by atoms with Crippen LogP contribution in [0.5, 0.6) is 11.5 Å². The monoisotopic (exact) mass is 351 g/mol. The van der Waals surface area contributed by atoms with Crippen molar-refractivity contribution in [2.45, 2.75) is 13.3 Å². The first-order valence-corrected chi connectivity index (χ1v) is 8.34. The van der Waals surface area contributed by atoms with E-state index in [-0.39, 0.29) is 5.91 Å². The van der Waals surface area contributed by atoms with Crippen LogP contribution in [0.1, 0.15) is 23.0 Å². The van der Waals surface area contributed by atoms with E-state index in [1.165, 1.54) is 7.11 Å². The van der Waals surface area contributed by atoms with Crippen LogP contribution in [0.2, 0.25) is 0 Å². The summed E-state index contributed by atoms with van der Waals surface area (Å²) in [5.41, 5.74) is 3.70. The van der Waals surface area contributed by atoms with Crippen LogP contribution in [0.15, 0.2) is 48.5 Å². The molecule has 0 bridgehead atoms. The summed E-state index contributed by atoms with van der Waals surface area (Å²) in [5, 5.41) is 10.4. The van der Waals surface area contributed by atoms with E-state index >= 15 is 0 Å². The summed E-state index contributed by atoms with van der Waals surface area (Å²) < 4.78 is 10.5. The molecular formula is C20H21N3O3. The van der Waals surface area contributed by atoms with Gasteiger partial charge in [-0.05, 0) is 24.6 Å². The molecule has 0 unspecified atom stereocenters. The number of carbonyl (C=O) groups is 1. The molecule has 2 N–H and O–H groups in total. The van der Waals surface area contributed by atoms with Crippen LogP contribution in [-0.2, 0) is 6.42 Å². The number of methoxy groups -OCH3 is 2. The van der Waals surface area contributed by atoms with Crippen LogP contribution in [0.3, 0.4) is 0 Å². The smallest absolute Gasteiger partial charge is 0.255 e.